The second-order valence-corrected chi connectivity index (χ2v) is 5.81. The second kappa shape index (κ2) is 3.98. The molecule has 4 heteroatoms. The number of pyridine rings is 1. The number of nitrogens with zero attached hydrogens (tertiary/aromatic N) is 2. The summed E-state index contributed by atoms with van der Waals surface area (Å²) >= 11 is 2.20. The molecule has 1 aromatic rings. The number of halogens is 1. The lowest BCUT2D eigenvalue weighted by Crippen LogP contribution is -2.38. The first-order chi connectivity index (χ1) is 7.75. The van der Waals surface area contributed by atoms with E-state index in [-0.39, 0.29) is 5.91 Å². The minimum atomic E-state index is 0.171. The van der Waals surface area contributed by atoms with Gasteiger partial charge in [-0.3, -0.25) is 9.78 Å². The van der Waals surface area contributed by atoms with Crippen LogP contribution in [0, 0.1) is 9.49 Å². The molecule has 2 aliphatic rings. The molecule has 1 saturated carbocycles. The van der Waals surface area contributed by atoms with Gasteiger partial charge in [0.05, 0.1) is 5.56 Å². The molecule has 1 saturated heterocycles. The van der Waals surface area contributed by atoms with Crippen molar-refractivity contribution in [2.75, 3.05) is 6.54 Å². The molecule has 2 bridgehead atoms. The van der Waals surface area contributed by atoms with Gasteiger partial charge in [0.15, 0.2) is 0 Å². The zero-order chi connectivity index (χ0) is 11.1. The Hall–Kier alpha value is -0.650. The van der Waals surface area contributed by atoms with Gasteiger partial charge in [-0.05, 0) is 53.8 Å². The van der Waals surface area contributed by atoms with Gasteiger partial charge in [-0.15, -0.1) is 0 Å². The highest BCUT2D eigenvalue weighted by Crippen LogP contribution is 2.38. The molecule has 16 heavy (non-hydrogen) atoms. The first-order valence-electron chi connectivity index (χ1n) is 5.66. The molecule has 0 N–H and O–H groups in total. The summed E-state index contributed by atoms with van der Waals surface area (Å²) in [5.74, 6) is 0.924. The smallest absolute Gasteiger partial charge is 0.256 e. The SMILES string of the molecule is O=C(c1cnccc1I)N1CC2CCC1C2. The van der Waals surface area contributed by atoms with Crippen LogP contribution in [0.15, 0.2) is 18.5 Å². The number of fused-ring (bicyclic) bond motifs is 2. The van der Waals surface area contributed by atoms with E-state index in [9.17, 15) is 4.79 Å². The third-order valence-corrected chi connectivity index (χ3v) is 4.61. The Kier molecular flexibility index (Phi) is 2.61. The fourth-order valence-corrected chi connectivity index (χ4v) is 3.39. The van der Waals surface area contributed by atoms with Gasteiger partial charge >= 0.3 is 0 Å². The first kappa shape index (κ1) is 10.5. The number of rotatable bonds is 1. The predicted octanol–water partition coefficient (Wildman–Crippen LogP) is 2.31. The maximum absolute atomic E-state index is 12.3. The fourth-order valence-electron chi connectivity index (χ4n) is 2.86. The van der Waals surface area contributed by atoms with Crippen LogP contribution in [0.25, 0.3) is 0 Å². The van der Waals surface area contributed by atoms with E-state index < -0.39 is 0 Å². The van der Waals surface area contributed by atoms with Crippen LogP contribution in [0.5, 0.6) is 0 Å². The Morgan fingerprint density at radius 2 is 2.38 bits per heavy atom. The monoisotopic (exact) mass is 328 g/mol. The van der Waals surface area contributed by atoms with Crippen molar-refractivity contribution < 1.29 is 4.79 Å². The van der Waals surface area contributed by atoms with E-state index in [1.165, 1.54) is 19.3 Å². The van der Waals surface area contributed by atoms with Crippen LogP contribution in [0.2, 0.25) is 0 Å². The van der Waals surface area contributed by atoms with E-state index in [4.69, 9.17) is 0 Å². The van der Waals surface area contributed by atoms with Crippen molar-refractivity contribution in [3.63, 3.8) is 0 Å². The maximum Gasteiger partial charge on any atom is 0.256 e. The quantitative estimate of drug-likeness (QED) is 0.741. The Morgan fingerprint density at radius 1 is 1.50 bits per heavy atom. The van der Waals surface area contributed by atoms with E-state index in [0.29, 0.717) is 6.04 Å². The van der Waals surface area contributed by atoms with Crippen molar-refractivity contribution in [2.24, 2.45) is 5.92 Å². The lowest BCUT2D eigenvalue weighted by molar-refractivity contribution is 0.0702. The van der Waals surface area contributed by atoms with Gasteiger partial charge < -0.3 is 4.90 Å². The lowest BCUT2D eigenvalue weighted by atomic mass is 10.1. The summed E-state index contributed by atoms with van der Waals surface area (Å²) in [6.07, 6.45) is 7.12. The van der Waals surface area contributed by atoms with Crippen molar-refractivity contribution >= 4 is 28.5 Å². The fraction of sp³-hybridized carbons (Fsp3) is 0.500. The topological polar surface area (TPSA) is 33.2 Å². The summed E-state index contributed by atoms with van der Waals surface area (Å²) in [4.78, 5) is 18.4. The van der Waals surface area contributed by atoms with E-state index in [1.807, 2.05) is 11.0 Å². The number of carbonyl (C=O) groups excluding carboxylic acids is 1. The van der Waals surface area contributed by atoms with Crippen molar-refractivity contribution in [1.29, 1.82) is 0 Å². The number of amides is 1. The molecule has 0 spiro atoms. The van der Waals surface area contributed by atoms with Crippen LogP contribution in [0.3, 0.4) is 0 Å². The molecule has 1 aliphatic heterocycles. The third kappa shape index (κ3) is 1.63. The molecule has 3 nitrogen and oxygen atoms in total. The molecule has 1 aliphatic carbocycles. The number of hydrogen-bond donors (Lipinski definition) is 0. The Morgan fingerprint density at radius 3 is 3.00 bits per heavy atom. The van der Waals surface area contributed by atoms with Gasteiger partial charge in [-0.2, -0.15) is 0 Å². The highest BCUT2D eigenvalue weighted by Gasteiger charge is 2.40. The highest BCUT2D eigenvalue weighted by molar-refractivity contribution is 14.1. The normalized spacial score (nSPS) is 27.4. The van der Waals surface area contributed by atoms with E-state index in [0.717, 1.165) is 21.6 Å². The van der Waals surface area contributed by atoms with Crippen molar-refractivity contribution in [3.8, 4) is 0 Å². The van der Waals surface area contributed by atoms with Crippen molar-refractivity contribution in [2.45, 2.75) is 25.3 Å². The van der Waals surface area contributed by atoms with Crippen LogP contribution in [-0.4, -0.2) is 28.4 Å². The molecule has 2 heterocycles. The minimum Gasteiger partial charge on any atom is -0.335 e. The summed E-state index contributed by atoms with van der Waals surface area (Å²) in [6, 6.07) is 2.38. The molecule has 1 amide bonds. The average molecular weight is 328 g/mol. The second-order valence-electron chi connectivity index (χ2n) is 4.65. The van der Waals surface area contributed by atoms with E-state index in [2.05, 4.69) is 27.6 Å². The van der Waals surface area contributed by atoms with Gasteiger partial charge in [0.1, 0.15) is 0 Å². The Bertz CT molecular complexity index is 435. The van der Waals surface area contributed by atoms with E-state index in [1.54, 1.807) is 12.4 Å². The molecular weight excluding hydrogens is 315 g/mol. The van der Waals surface area contributed by atoms with Gasteiger partial charge in [-0.25, -0.2) is 0 Å². The number of likely N-dealkylation sites (tertiary alicyclic amines) is 1. The zero-order valence-electron chi connectivity index (χ0n) is 8.90. The number of hydrogen-bond acceptors (Lipinski definition) is 2. The number of piperidine rings is 1. The van der Waals surface area contributed by atoms with Crippen LogP contribution in [0.1, 0.15) is 29.6 Å². The minimum absolute atomic E-state index is 0.171. The standard InChI is InChI=1S/C12H13IN2O/c13-11-3-4-14-6-10(11)12(16)15-7-8-1-2-9(15)5-8/h3-4,6,8-9H,1-2,5,7H2. The molecule has 0 radical (unpaired) electrons. The predicted molar refractivity (Wildman–Crippen MR) is 69.1 cm³/mol. The first-order valence-corrected chi connectivity index (χ1v) is 6.74. The highest BCUT2D eigenvalue weighted by atomic mass is 127. The average Bonchev–Trinajstić information content (AvgIpc) is 2.90. The van der Waals surface area contributed by atoms with Crippen LogP contribution < -0.4 is 0 Å². The molecule has 2 unspecified atom stereocenters. The third-order valence-electron chi connectivity index (χ3n) is 3.67. The molecular formula is C12H13IN2O. The number of aromatic nitrogens is 1. The summed E-state index contributed by atoms with van der Waals surface area (Å²) in [5.41, 5.74) is 0.760. The van der Waals surface area contributed by atoms with Gasteiger partial charge in [0.2, 0.25) is 0 Å². The summed E-state index contributed by atoms with van der Waals surface area (Å²) < 4.78 is 1.00. The van der Waals surface area contributed by atoms with Gasteiger partial charge in [0.25, 0.3) is 5.91 Å². The number of carbonyl (C=O) groups is 1. The summed E-state index contributed by atoms with van der Waals surface area (Å²) in [6.45, 7) is 0.953. The lowest BCUT2D eigenvalue weighted by Gasteiger charge is -2.27. The Balaban J connectivity index is 1.86. The van der Waals surface area contributed by atoms with E-state index >= 15 is 0 Å². The van der Waals surface area contributed by atoms with Gasteiger partial charge in [0, 0.05) is 28.6 Å². The largest absolute Gasteiger partial charge is 0.335 e. The summed E-state index contributed by atoms with van der Waals surface area (Å²) in [5, 5.41) is 0. The van der Waals surface area contributed by atoms with Crippen LogP contribution in [-0.2, 0) is 0 Å². The molecule has 1 aromatic heterocycles. The van der Waals surface area contributed by atoms with Gasteiger partial charge in [-0.1, -0.05) is 0 Å². The summed E-state index contributed by atoms with van der Waals surface area (Å²) in [7, 11) is 0. The zero-order valence-corrected chi connectivity index (χ0v) is 11.1. The molecule has 84 valence electrons. The van der Waals surface area contributed by atoms with Crippen molar-refractivity contribution in [1.82, 2.24) is 9.88 Å². The maximum atomic E-state index is 12.3. The van der Waals surface area contributed by atoms with Crippen LogP contribution in [0.4, 0.5) is 0 Å². The molecule has 2 fully saturated rings. The van der Waals surface area contributed by atoms with Crippen LogP contribution >= 0.6 is 22.6 Å². The molecule has 3 rings (SSSR count). The van der Waals surface area contributed by atoms with Crippen molar-refractivity contribution in [3.05, 3.63) is 27.6 Å². The molecule has 2 atom stereocenters. The molecule has 0 aromatic carbocycles. The Labute approximate surface area is 108 Å².